The van der Waals surface area contributed by atoms with E-state index in [-0.39, 0.29) is 11.5 Å². The molecule has 4 nitrogen and oxygen atoms in total. The van der Waals surface area contributed by atoms with Gasteiger partial charge < -0.3 is 10.4 Å². The van der Waals surface area contributed by atoms with Crippen LogP contribution >= 0.6 is 0 Å². The van der Waals surface area contributed by atoms with E-state index in [1.807, 2.05) is 13.0 Å². The van der Waals surface area contributed by atoms with Gasteiger partial charge in [0.05, 0.1) is 5.56 Å². The van der Waals surface area contributed by atoms with Crippen molar-refractivity contribution in [3.8, 4) is 0 Å². The molecule has 0 aromatic heterocycles. The number of aromatic carboxylic acids is 1. The van der Waals surface area contributed by atoms with E-state index < -0.39 is 5.97 Å². The molecule has 88 valence electrons. The van der Waals surface area contributed by atoms with Gasteiger partial charge in [-0.25, -0.2) is 4.79 Å². The molecule has 4 heteroatoms. The van der Waals surface area contributed by atoms with Crippen molar-refractivity contribution in [3.05, 3.63) is 54.1 Å². The first-order valence-electron chi connectivity index (χ1n) is 5.07. The second kappa shape index (κ2) is 6.27. The molecule has 0 bridgehead atoms. The molecule has 0 saturated heterocycles. The van der Waals surface area contributed by atoms with E-state index in [9.17, 15) is 9.59 Å². The molecule has 0 heterocycles. The van der Waals surface area contributed by atoms with Crippen LogP contribution in [0.4, 0.5) is 5.69 Å². The van der Waals surface area contributed by atoms with E-state index >= 15 is 0 Å². The molecule has 17 heavy (non-hydrogen) atoms. The van der Waals surface area contributed by atoms with Crippen LogP contribution in [0, 0.1) is 0 Å². The van der Waals surface area contributed by atoms with Crippen molar-refractivity contribution in [2.75, 3.05) is 5.32 Å². The molecule has 0 saturated carbocycles. The first-order chi connectivity index (χ1) is 8.13. The van der Waals surface area contributed by atoms with Crippen LogP contribution in [-0.2, 0) is 4.79 Å². The zero-order valence-electron chi connectivity index (χ0n) is 9.38. The summed E-state index contributed by atoms with van der Waals surface area (Å²) < 4.78 is 0. The molecule has 1 amide bonds. The number of carboxylic acids is 1. The lowest BCUT2D eigenvalue weighted by atomic mass is 10.2. The van der Waals surface area contributed by atoms with Crippen LogP contribution in [-0.4, -0.2) is 17.0 Å². The highest BCUT2D eigenvalue weighted by Crippen LogP contribution is 2.09. The molecule has 0 unspecified atom stereocenters. The Kier molecular flexibility index (Phi) is 4.69. The van der Waals surface area contributed by atoms with Crippen LogP contribution in [0.5, 0.6) is 0 Å². The fraction of sp³-hybridized carbons (Fsp3) is 0.0769. The summed E-state index contributed by atoms with van der Waals surface area (Å²) in [6.45, 7) is 1.85. The number of carboxylic acid groups (broad SMARTS) is 1. The van der Waals surface area contributed by atoms with Crippen molar-refractivity contribution in [3.63, 3.8) is 0 Å². The monoisotopic (exact) mass is 231 g/mol. The Hall–Kier alpha value is -2.36. The van der Waals surface area contributed by atoms with Gasteiger partial charge in [0.1, 0.15) is 0 Å². The lowest BCUT2D eigenvalue weighted by molar-refractivity contribution is -0.111. The maximum Gasteiger partial charge on any atom is 0.335 e. The van der Waals surface area contributed by atoms with Crippen LogP contribution in [0.25, 0.3) is 0 Å². The summed E-state index contributed by atoms with van der Waals surface area (Å²) >= 11 is 0. The van der Waals surface area contributed by atoms with Gasteiger partial charge in [-0.2, -0.15) is 0 Å². The molecular weight excluding hydrogens is 218 g/mol. The Morgan fingerprint density at radius 3 is 2.35 bits per heavy atom. The molecule has 0 spiro atoms. The van der Waals surface area contributed by atoms with E-state index in [0.717, 1.165) is 0 Å². The highest BCUT2D eigenvalue weighted by Gasteiger charge is 2.02. The van der Waals surface area contributed by atoms with E-state index in [1.165, 1.54) is 18.2 Å². The van der Waals surface area contributed by atoms with Crippen LogP contribution in [0.3, 0.4) is 0 Å². The summed E-state index contributed by atoms with van der Waals surface area (Å²) in [7, 11) is 0. The zero-order valence-corrected chi connectivity index (χ0v) is 9.38. The highest BCUT2D eigenvalue weighted by atomic mass is 16.4. The number of hydrogen-bond acceptors (Lipinski definition) is 2. The van der Waals surface area contributed by atoms with Crippen molar-refractivity contribution in [1.29, 1.82) is 0 Å². The standard InChI is InChI=1S/C13H13NO3/c1-2-3-4-5-12(15)14-11-8-6-10(7-9-11)13(16)17/h2-9H,1H3,(H,14,15)(H,16,17)/b3-2+,5-4?. The molecule has 0 aliphatic heterocycles. The maximum absolute atomic E-state index is 11.4. The number of amides is 1. The summed E-state index contributed by atoms with van der Waals surface area (Å²) in [6.07, 6.45) is 6.57. The zero-order chi connectivity index (χ0) is 12.7. The van der Waals surface area contributed by atoms with Gasteiger partial charge in [-0.3, -0.25) is 4.79 Å². The highest BCUT2D eigenvalue weighted by molar-refractivity contribution is 5.99. The smallest absolute Gasteiger partial charge is 0.335 e. The molecule has 1 rings (SSSR count). The van der Waals surface area contributed by atoms with E-state index in [4.69, 9.17) is 5.11 Å². The first-order valence-corrected chi connectivity index (χ1v) is 5.07. The van der Waals surface area contributed by atoms with Gasteiger partial charge in [0.25, 0.3) is 0 Å². The number of benzene rings is 1. The third kappa shape index (κ3) is 4.34. The van der Waals surface area contributed by atoms with Gasteiger partial charge in [0.2, 0.25) is 5.91 Å². The van der Waals surface area contributed by atoms with Crippen molar-refractivity contribution in [1.82, 2.24) is 0 Å². The first kappa shape index (κ1) is 12.7. The topological polar surface area (TPSA) is 66.4 Å². The summed E-state index contributed by atoms with van der Waals surface area (Å²) in [5.41, 5.74) is 0.748. The van der Waals surface area contributed by atoms with Crippen molar-refractivity contribution in [2.24, 2.45) is 0 Å². The molecule has 0 fully saturated rings. The lowest BCUT2D eigenvalue weighted by Crippen LogP contribution is -2.07. The fourth-order valence-electron chi connectivity index (χ4n) is 1.13. The Bertz CT molecular complexity index is 458. The minimum Gasteiger partial charge on any atom is -0.478 e. The number of carbonyl (C=O) groups is 2. The summed E-state index contributed by atoms with van der Waals surface area (Å²) in [5, 5.41) is 11.3. The average molecular weight is 231 g/mol. The predicted octanol–water partition coefficient (Wildman–Crippen LogP) is 2.46. The molecule has 0 radical (unpaired) electrons. The summed E-state index contributed by atoms with van der Waals surface area (Å²) in [4.78, 5) is 22.0. The Labute approximate surface area is 99.3 Å². The average Bonchev–Trinajstić information content (AvgIpc) is 2.30. The van der Waals surface area contributed by atoms with E-state index in [0.29, 0.717) is 5.69 Å². The van der Waals surface area contributed by atoms with Crippen LogP contribution < -0.4 is 5.32 Å². The SMILES string of the molecule is C/C=C/C=CC(=O)Nc1ccc(C(=O)O)cc1. The lowest BCUT2D eigenvalue weighted by Gasteiger charge is -2.01. The minimum absolute atomic E-state index is 0.187. The molecular formula is C13H13NO3. The summed E-state index contributed by atoms with van der Waals surface area (Å²) in [5.74, 6) is -1.25. The molecule has 1 aromatic carbocycles. The summed E-state index contributed by atoms with van der Waals surface area (Å²) in [6, 6.07) is 5.97. The number of anilines is 1. The largest absolute Gasteiger partial charge is 0.478 e. The Morgan fingerprint density at radius 2 is 1.82 bits per heavy atom. The van der Waals surface area contributed by atoms with Crippen LogP contribution in [0.2, 0.25) is 0 Å². The van der Waals surface area contributed by atoms with Crippen molar-refractivity contribution in [2.45, 2.75) is 6.92 Å². The Morgan fingerprint density at radius 1 is 1.18 bits per heavy atom. The van der Waals surface area contributed by atoms with Crippen LogP contribution in [0.1, 0.15) is 17.3 Å². The number of hydrogen-bond donors (Lipinski definition) is 2. The minimum atomic E-state index is -0.990. The van der Waals surface area contributed by atoms with E-state index in [1.54, 1.807) is 24.3 Å². The molecule has 1 aromatic rings. The molecule has 0 aliphatic carbocycles. The quantitative estimate of drug-likeness (QED) is 0.618. The Balaban J connectivity index is 2.63. The molecule has 0 aliphatic rings. The second-order valence-electron chi connectivity index (χ2n) is 3.26. The van der Waals surface area contributed by atoms with Gasteiger partial charge in [-0.15, -0.1) is 0 Å². The normalized spacial score (nSPS) is 10.9. The van der Waals surface area contributed by atoms with Gasteiger partial charge in [0.15, 0.2) is 0 Å². The third-order valence-electron chi connectivity index (χ3n) is 1.95. The third-order valence-corrected chi connectivity index (χ3v) is 1.95. The predicted molar refractivity (Wildman–Crippen MR) is 66.0 cm³/mol. The second-order valence-corrected chi connectivity index (χ2v) is 3.26. The van der Waals surface area contributed by atoms with Gasteiger partial charge in [0, 0.05) is 11.8 Å². The molecule has 2 N–H and O–H groups in total. The fourth-order valence-corrected chi connectivity index (χ4v) is 1.13. The maximum atomic E-state index is 11.4. The van der Waals surface area contributed by atoms with Crippen LogP contribution in [0.15, 0.2) is 48.6 Å². The van der Waals surface area contributed by atoms with Crippen molar-refractivity contribution < 1.29 is 14.7 Å². The number of carbonyl (C=O) groups excluding carboxylic acids is 1. The number of nitrogens with one attached hydrogen (secondary N) is 1. The van der Waals surface area contributed by atoms with Crippen molar-refractivity contribution >= 4 is 17.6 Å². The number of rotatable bonds is 4. The van der Waals surface area contributed by atoms with Gasteiger partial charge in [-0.05, 0) is 31.2 Å². The molecule has 0 atom stereocenters. The number of allylic oxidation sites excluding steroid dienone is 3. The van der Waals surface area contributed by atoms with E-state index in [2.05, 4.69) is 5.32 Å². The van der Waals surface area contributed by atoms with Gasteiger partial charge >= 0.3 is 5.97 Å². The van der Waals surface area contributed by atoms with Gasteiger partial charge in [-0.1, -0.05) is 18.2 Å².